The Kier molecular flexibility index (Phi) is 5.45. The lowest BCUT2D eigenvalue weighted by atomic mass is 10.2. The minimum Gasteiger partial charge on any atom is -0.383 e. The van der Waals surface area contributed by atoms with Gasteiger partial charge in [-0.05, 0) is 6.07 Å². The third-order valence-electron chi connectivity index (χ3n) is 3.16. The van der Waals surface area contributed by atoms with Crippen LogP contribution in [0.15, 0.2) is 24.3 Å². The molecule has 1 fully saturated rings. The van der Waals surface area contributed by atoms with Gasteiger partial charge in [0, 0.05) is 44.5 Å². The molecular weight excluding hydrogens is 228 g/mol. The van der Waals surface area contributed by atoms with Crippen molar-refractivity contribution in [2.24, 2.45) is 0 Å². The summed E-state index contributed by atoms with van der Waals surface area (Å²) in [6.45, 7) is 6.48. The highest BCUT2D eigenvalue weighted by atomic mass is 16.5. The number of anilines is 1. The Hall–Kier alpha value is -1.10. The van der Waals surface area contributed by atoms with E-state index in [1.165, 1.54) is 11.3 Å². The van der Waals surface area contributed by atoms with Crippen molar-refractivity contribution in [1.29, 1.82) is 0 Å². The van der Waals surface area contributed by atoms with Crippen LogP contribution in [-0.4, -0.2) is 51.4 Å². The third kappa shape index (κ3) is 3.98. The second-order valence-electron chi connectivity index (χ2n) is 4.47. The fourth-order valence-electron chi connectivity index (χ4n) is 2.15. The lowest BCUT2D eigenvalue weighted by Gasteiger charge is -2.26. The maximum absolute atomic E-state index is 5.34. The maximum atomic E-state index is 5.34. The number of hydrogen-bond donors (Lipinski definition) is 1. The van der Waals surface area contributed by atoms with Crippen molar-refractivity contribution < 1.29 is 9.47 Å². The van der Waals surface area contributed by atoms with Gasteiger partial charge < -0.3 is 14.8 Å². The van der Waals surface area contributed by atoms with Crippen LogP contribution in [0.3, 0.4) is 0 Å². The minimum absolute atomic E-state index is 0.653. The number of benzene rings is 1. The Morgan fingerprint density at radius 1 is 1.28 bits per heavy atom. The summed E-state index contributed by atoms with van der Waals surface area (Å²) in [4.78, 5) is 2.43. The largest absolute Gasteiger partial charge is 0.383 e. The van der Waals surface area contributed by atoms with Crippen molar-refractivity contribution in [3.63, 3.8) is 0 Å². The summed E-state index contributed by atoms with van der Waals surface area (Å²) in [5.74, 6) is 0. The summed E-state index contributed by atoms with van der Waals surface area (Å²) in [7, 11) is 1.73. The predicted octanol–water partition coefficient (Wildman–Crippen LogP) is 1.58. The Labute approximate surface area is 109 Å². The highest BCUT2D eigenvalue weighted by Gasteiger charge is 2.09. The van der Waals surface area contributed by atoms with Crippen molar-refractivity contribution >= 4 is 5.69 Å². The van der Waals surface area contributed by atoms with E-state index >= 15 is 0 Å². The van der Waals surface area contributed by atoms with E-state index in [4.69, 9.17) is 9.47 Å². The zero-order chi connectivity index (χ0) is 12.6. The SMILES string of the molecule is COCc1ccccc1NCCN1CCOCC1. The first-order valence-corrected chi connectivity index (χ1v) is 6.51. The molecule has 0 bridgehead atoms. The Bertz CT molecular complexity index is 351. The average molecular weight is 250 g/mol. The molecule has 1 aromatic carbocycles. The molecule has 2 rings (SSSR count). The summed E-state index contributed by atoms with van der Waals surface area (Å²) in [5, 5.41) is 3.48. The van der Waals surface area contributed by atoms with Crippen LogP contribution in [0.2, 0.25) is 0 Å². The Morgan fingerprint density at radius 2 is 2.06 bits per heavy atom. The predicted molar refractivity (Wildman–Crippen MR) is 72.9 cm³/mol. The fourth-order valence-corrected chi connectivity index (χ4v) is 2.15. The van der Waals surface area contributed by atoms with E-state index in [1.807, 2.05) is 6.07 Å². The molecule has 1 aromatic rings. The molecule has 0 amide bonds. The lowest BCUT2D eigenvalue weighted by molar-refractivity contribution is 0.0398. The van der Waals surface area contributed by atoms with Crippen molar-refractivity contribution in [2.45, 2.75) is 6.61 Å². The smallest absolute Gasteiger partial charge is 0.0733 e. The summed E-state index contributed by atoms with van der Waals surface area (Å²) in [6.07, 6.45) is 0. The van der Waals surface area contributed by atoms with Crippen LogP contribution in [0.5, 0.6) is 0 Å². The molecule has 0 aliphatic carbocycles. The van der Waals surface area contributed by atoms with E-state index < -0.39 is 0 Å². The van der Waals surface area contributed by atoms with Crippen LogP contribution < -0.4 is 5.32 Å². The third-order valence-corrected chi connectivity index (χ3v) is 3.16. The first-order chi connectivity index (χ1) is 8.90. The van der Waals surface area contributed by atoms with Crippen LogP contribution in [0.25, 0.3) is 0 Å². The number of nitrogens with zero attached hydrogens (tertiary/aromatic N) is 1. The number of ether oxygens (including phenoxy) is 2. The van der Waals surface area contributed by atoms with Crippen molar-refractivity contribution in [2.75, 3.05) is 51.8 Å². The number of morpholine rings is 1. The number of hydrogen-bond acceptors (Lipinski definition) is 4. The van der Waals surface area contributed by atoms with Gasteiger partial charge in [0.25, 0.3) is 0 Å². The molecule has 4 heteroatoms. The van der Waals surface area contributed by atoms with E-state index in [0.717, 1.165) is 39.4 Å². The molecule has 4 nitrogen and oxygen atoms in total. The zero-order valence-corrected chi connectivity index (χ0v) is 11.0. The standard InChI is InChI=1S/C14H22N2O2/c1-17-12-13-4-2-3-5-14(13)15-6-7-16-8-10-18-11-9-16/h2-5,15H,6-12H2,1H3. The fraction of sp³-hybridized carbons (Fsp3) is 0.571. The number of methoxy groups -OCH3 is 1. The molecule has 0 spiro atoms. The molecule has 100 valence electrons. The highest BCUT2D eigenvalue weighted by Crippen LogP contribution is 2.15. The van der Waals surface area contributed by atoms with E-state index in [-0.39, 0.29) is 0 Å². The quantitative estimate of drug-likeness (QED) is 0.831. The zero-order valence-electron chi connectivity index (χ0n) is 11.0. The number of rotatable bonds is 6. The molecule has 0 atom stereocenters. The molecule has 0 radical (unpaired) electrons. The van der Waals surface area contributed by atoms with Crippen LogP contribution in [0.4, 0.5) is 5.69 Å². The van der Waals surface area contributed by atoms with E-state index in [2.05, 4.69) is 28.4 Å². The van der Waals surface area contributed by atoms with Crippen LogP contribution >= 0.6 is 0 Å². The van der Waals surface area contributed by atoms with E-state index in [9.17, 15) is 0 Å². The van der Waals surface area contributed by atoms with E-state index in [0.29, 0.717) is 6.61 Å². The van der Waals surface area contributed by atoms with Crippen molar-refractivity contribution in [3.05, 3.63) is 29.8 Å². The second-order valence-corrected chi connectivity index (χ2v) is 4.47. The summed E-state index contributed by atoms with van der Waals surface area (Å²) >= 11 is 0. The summed E-state index contributed by atoms with van der Waals surface area (Å²) < 4.78 is 10.5. The van der Waals surface area contributed by atoms with Crippen LogP contribution in [-0.2, 0) is 16.1 Å². The maximum Gasteiger partial charge on any atom is 0.0733 e. The topological polar surface area (TPSA) is 33.7 Å². The molecule has 1 aliphatic rings. The number of para-hydroxylation sites is 1. The first-order valence-electron chi connectivity index (χ1n) is 6.51. The van der Waals surface area contributed by atoms with Gasteiger partial charge in [-0.25, -0.2) is 0 Å². The van der Waals surface area contributed by atoms with Gasteiger partial charge >= 0.3 is 0 Å². The van der Waals surface area contributed by atoms with Gasteiger partial charge in [0.05, 0.1) is 19.8 Å². The molecule has 0 unspecified atom stereocenters. The molecule has 1 N–H and O–H groups in total. The van der Waals surface area contributed by atoms with Gasteiger partial charge in [-0.2, -0.15) is 0 Å². The average Bonchev–Trinajstić information content (AvgIpc) is 2.42. The molecule has 0 saturated carbocycles. The van der Waals surface area contributed by atoms with Gasteiger partial charge in [0.2, 0.25) is 0 Å². The van der Waals surface area contributed by atoms with Gasteiger partial charge in [-0.3, -0.25) is 4.90 Å². The summed E-state index contributed by atoms with van der Waals surface area (Å²) in [6, 6.07) is 8.30. The minimum atomic E-state index is 0.653. The van der Waals surface area contributed by atoms with Crippen LogP contribution in [0.1, 0.15) is 5.56 Å². The second kappa shape index (κ2) is 7.36. The molecule has 1 heterocycles. The van der Waals surface area contributed by atoms with Gasteiger partial charge in [-0.1, -0.05) is 18.2 Å². The lowest BCUT2D eigenvalue weighted by Crippen LogP contribution is -2.39. The highest BCUT2D eigenvalue weighted by molar-refractivity contribution is 5.50. The van der Waals surface area contributed by atoms with Gasteiger partial charge in [0.1, 0.15) is 0 Å². The Morgan fingerprint density at radius 3 is 2.83 bits per heavy atom. The first kappa shape index (κ1) is 13.3. The van der Waals surface area contributed by atoms with Gasteiger partial charge in [-0.15, -0.1) is 0 Å². The molecular formula is C14H22N2O2. The monoisotopic (exact) mass is 250 g/mol. The van der Waals surface area contributed by atoms with Crippen molar-refractivity contribution in [1.82, 2.24) is 4.90 Å². The number of nitrogens with one attached hydrogen (secondary N) is 1. The Balaban J connectivity index is 1.78. The normalized spacial score (nSPS) is 16.7. The summed E-state index contributed by atoms with van der Waals surface area (Å²) in [5.41, 5.74) is 2.38. The molecule has 1 saturated heterocycles. The van der Waals surface area contributed by atoms with Gasteiger partial charge in [0.15, 0.2) is 0 Å². The molecule has 1 aliphatic heterocycles. The van der Waals surface area contributed by atoms with Crippen molar-refractivity contribution in [3.8, 4) is 0 Å². The van der Waals surface area contributed by atoms with E-state index in [1.54, 1.807) is 7.11 Å². The van der Waals surface area contributed by atoms with Crippen LogP contribution in [0, 0.1) is 0 Å². The molecule has 0 aromatic heterocycles. The molecule has 18 heavy (non-hydrogen) atoms.